The SMILES string of the molecule is CC(C)N(Cc1ccccn1)C(=O)/C=C/C(=O)O. The van der Waals surface area contributed by atoms with Gasteiger partial charge in [0.2, 0.25) is 5.91 Å². The summed E-state index contributed by atoms with van der Waals surface area (Å²) in [5, 5.41) is 8.50. The Bertz CT molecular complexity index is 441. The van der Waals surface area contributed by atoms with Gasteiger partial charge in [-0.15, -0.1) is 0 Å². The third kappa shape index (κ3) is 4.37. The fraction of sp³-hybridized carbons (Fsp3) is 0.308. The number of amides is 1. The molecule has 0 saturated carbocycles. The molecule has 1 N–H and O–H groups in total. The van der Waals surface area contributed by atoms with Crippen LogP contribution in [0, 0.1) is 0 Å². The van der Waals surface area contributed by atoms with Gasteiger partial charge in [-0.1, -0.05) is 6.07 Å². The largest absolute Gasteiger partial charge is 0.478 e. The van der Waals surface area contributed by atoms with Crippen molar-refractivity contribution in [2.75, 3.05) is 0 Å². The molecule has 0 aliphatic carbocycles. The van der Waals surface area contributed by atoms with Crippen LogP contribution in [-0.2, 0) is 16.1 Å². The van der Waals surface area contributed by atoms with Crippen molar-refractivity contribution in [3.8, 4) is 0 Å². The average Bonchev–Trinajstić information content (AvgIpc) is 2.34. The standard InChI is InChI=1S/C13H16N2O3/c1-10(2)15(12(16)6-7-13(17)18)9-11-5-3-4-8-14-11/h3-8,10H,9H2,1-2H3,(H,17,18)/b7-6+. The molecule has 0 spiro atoms. The van der Waals surface area contributed by atoms with Gasteiger partial charge in [-0.25, -0.2) is 4.79 Å². The summed E-state index contributed by atoms with van der Waals surface area (Å²) in [6.07, 6.45) is 3.56. The van der Waals surface area contributed by atoms with Gasteiger partial charge in [0, 0.05) is 24.4 Å². The van der Waals surface area contributed by atoms with Gasteiger partial charge in [0.25, 0.3) is 0 Å². The fourth-order valence-corrected chi connectivity index (χ4v) is 1.42. The van der Waals surface area contributed by atoms with Crippen molar-refractivity contribution in [3.63, 3.8) is 0 Å². The number of hydrogen-bond acceptors (Lipinski definition) is 3. The summed E-state index contributed by atoms with van der Waals surface area (Å²) in [5.41, 5.74) is 0.767. The molecule has 0 aliphatic rings. The molecule has 5 heteroatoms. The number of aliphatic carboxylic acids is 1. The molecule has 0 fully saturated rings. The predicted octanol–water partition coefficient (Wildman–Crippen LogP) is 1.46. The lowest BCUT2D eigenvalue weighted by Crippen LogP contribution is -2.35. The number of carbonyl (C=O) groups is 2. The normalized spacial score (nSPS) is 10.8. The minimum Gasteiger partial charge on any atom is -0.478 e. The van der Waals surface area contributed by atoms with E-state index in [1.165, 1.54) is 0 Å². The number of carboxylic acid groups (broad SMARTS) is 1. The molecule has 0 bridgehead atoms. The van der Waals surface area contributed by atoms with Crippen LogP contribution in [0.1, 0.15) is 19.5 Å². The molecule has 1 amide bonds. The second kappa shape index (κ2) is 6.54. The summed E-state index contributed by atoms with van der Waals surface area (Å²) in [5.74, 6) is -1.47. The molecule has 0 aromatic carbocycles. The van der Waals surface area contributed by atoms with Gasteiger partial charge in [0.1, 0.15) is 0 Å². The lowest BCUT2D eigenvalue weighted by Gasteiger charge is -2.25. The van der Waals surface area contributed by atoms with Gasteiger partial charge in [-0.2, -0.15) is 0 Å². The van der Waals surface area contributed by atoms with Crippen LogP contribution >= 0.6 is 0 Å². The number of rotatable bonds is 5. The van der Waals surface area contributed by atoms with Crippen molar-refractivity contribution in [3.05, 3.63) is 42.2 Å². The number of hydrogen-bond donors (Lipinski definition) is 1. The van der Waals surface area contributed by atoms with E-state index in [0.29, 0.717) is 6.54 Å². The minimum absolute atomic E-state index is 0.0297. The summed E-state index contributed by atoms with van der Waals surface area (Å²) in [7, 11) is 0. The molecule has 5 nitrogen and oxygen atoms in total. The van der Waals surface area contributed by atoms with Gasteiger partial charge >= 0.3 is 5.97 Å². The molecule has 1 aromatic heterocycles. The Morgan fingerprint density at radius 1 is 1.39 bits per heavy atom. The van der Waals surface area contributed by atoms with Crippen molar-refractivity contribution < 1.29 is 14.7 Å². The van der Waals surface area contributed by atoms with E-state index in [4.69, 9.17) is 5.11 Å². The highest BCUT2D eigenvalue weighted by molar-refractivity contribution is 5.94. The first-order valence-corrected chi connectivity index (χ1v) is 5.62. The smallest absolute Gasteiger partial charge is 0.328 e. The number of carbonyl (C=O) groups excluding carboxylic acids is 1. The van der Waals surface area contributed by atoms with E-state index >= 15 is 0 Å². The van der Waals surface area contributed by atoms with Crippen molar-refractivity contribution in [2.24, 2.45) is 0 Å². The van der Waals surface area contributed by atoms with Gasteiger partial charge < -0.3 is 10.0 Å². The summed E-state index contributed by atoms with van der Waals surface area (Å²) in [6, 6.07) is 5.44. The van der Waals surface area contributed by atoms with Crippen molar-refractivity contribution in [2.45, 2.75) is 26.4 Å². The molecule has 0 radical (unpaired) electrons. The van der Waals surface area contributed by atoms with Crippen LogP contribution in [0.3, 0.4) is 0 Å². The van der Waals surface area contributed by atoms with Crippen molar-refractivity contribution in [1.29, 1.82) is 0 Å². The second-order valence-corrected chi connectivity index (χ2v) is 4.05. The average molecular weight is 248 g/mol. The van der Waals surface area contributed by atoms with Crippen molar-refractivity contribution in [1.82, 2.24) is 9.88 Å². The molecule has 0 atom stereocenters. The highest BCUT2D eigenvalue weighted by Gasteiger charge is 2.15. The molecule has 0 unspecified atom stereocenters. The monoisotopic (exact) mass is 248 g/mol. The molecular formula is C13H16N2O3. The third-order valence-corrected chi connectivity index (χ3v) is 2.33. The van der Waals surface area contributed by atoms with Crippen LogP contribution < -0.4 is 0 Å². The molecule has 1 rings (SSSR count). The molecule has 1 heterocycles. The van der Waals surface area contributed by atoms with Crippen molar-refractivity contribution >= 4 is 11.9 Å². The lowest BCUT2D eigenvalue weighted by atomic mass is 10.2. The maximum absolute atomic E-state index is 11.8. The van der Waals surface area contributed by atoms with Gasteiger partial charge in [0.15, 0.2) is 0 Å². The Kier molecular flexibility index (Phi) is 5.05. The van der Waals surface area contributed by atoms with Crippen LogP contribution in [-0.4, -0.2) is 32.9 Å². The van der Waals surface area contributed by atoms with Crippen LogP contribution in [0.2, 0.25) is 0 Å². The molecular weight excluding hydrogens is 232 g/mol. The minimum atomic E-state index is -1.13. The number of pyridine rings is 1. The maximum atomic E-state index is 11.8. The quantitative estimate of drug-likeness (QED) is 0.801. The zero-order valence-electron chi connectivity index (χ0n) is 10.4. The predicted molar refractivity (Wildman–Crippen MR) is 66.7 cm³/mol. The molecule has 1 aromatic rings. The zero-order chi connectivity index (χ0) is 13.5. The van der Waals surface area contributed by atoms with Crippen LogP contribution in [0.5, 0.6) is 0 Å². The van der Waals surface area contributed by atoms with E-state index in [9.17, 15) is 9.59 Å². The molecule has 0 aliphatic heterocycles. The Balaban J connectivity index is 2.77. The Hall–Kier alpha value is -2.17. The highest BCUT2D eigenvalue weighted by Crippen LogP contribution is 2.07. The second-order valence-electron chi connectivity index (χ2n) is 4.05. The number of nitrogens with zero attached hydrogens (tertiary/aromatic N) is 2. The summed E-state index contributed by atoms with van der Waals surface area (Å²) in [6.45, 7) is 4.10. The number of aromatic nitrogens is 1. The summed E-state index contributed by atoms with van der Waals surface area (Å²) >= 11 is 0. The Morgan fingerprint density at radius 3 is 2.61 bits per heavy atom. The first kappa shape index (κ1) is 13.9. The first-order valence-electron chi connectivity index (χ1n) is 5.62. The molecule has 96 valence electrons. The van der Waals surface area contributed by atoms with Gasteiger partial charge in [-0.3, -0.25) is 9.78 Å². The van der Waals surface area contributed by atoms with E-state index in [1.54, 1.807) is 17.2 Å². The van der Waals surface area contributed by atoms with E-state index < -0.39 is 5.97 Å². The van der Waals surface area contributed by atoms with E-state index in [1.807, 2.05) is 26.0 Å². The fourth-order valence-electron chi connectivity index (χ4n) is 1.42. The van der Waals surface area contributed by atoms with E-state index in [2.05, 4.69) is 4.98 Å². The third-order valence-electron chi connectivity index (χ3n) is 2.33. The van der Waals surface area contributed by atoms with Gasteiger partial charge in [0.05, 0.1) is 12.2 Å². The summed E-state index contributed by atoms with van der Waals surface area (Å²) in [4.78, 5) is 27.9. The van der Waals surface area contributed by atoms with Crippen LogP contribution in [0.25, 0.3) is 0 Å². The lowest BCUT2D eigenvalue weighted by molar-refractivity contribution is -0.132. The molecule has 18 heavy (non-hydrogen) atoms. The molecule has 0 saturated heterocycles. The van der Waals surface area contributed by atoms with Crippen LogP contribution in [0.4, 0.5) is 0 Å². The van der Waals surface area contributed by atoms with Crippen LogP contribution in [0.15, 0.2) is 36.5 Å². The Labute approximate surface area is 106 Å². The van der Waals surface area contributed by atoms with Gasteiger partial charge in [-0.05, 0) is 26.0 Å². The first-order chi connectivity index (χ1) is 8.50. The Morgan fingerprint density at radius 2 is 2.11 bits per heavy atom. The number of carboxylic acids is 1. The zero-order valence-corrected chi connectivity index (χ0v) is 10.4. The van der Waals surface area contributed by atoms with E-state index in [0.717, 1.165) is 17.8 Å². The maximum Gasteiger partial charge on any atom is 0.328 e. The topological polar surface area (TPSA) is 70.5 Å². The van der Waals surface area contributed by atoms with E-state index in [-0.39, 0.29) is 11.9 Å². The summed E-state index contributed by atoms with van der Waals surface area (Å²) < 4.78 is 0. The highest BCUT2D eigenvalue weighted by atomic mass is 16.4.